The third-order valence-electron chi connectivity index (χ3n) is 3.07. The van der Waals surface area contributed by atoms with Crippen molar-refractivity contribution in [2.24, 2.45) is 15.5 Å². The second-order valence-electron chi connectivity index (χ2n) is 4.54. The lowest BCUT2D eigenvalue weighted by molar-refractivity contribution is -0.274. The summed E-state index contributed by atoms with van der Waals surface area (Å²) >= 11 is 0. The van der Waals surface area contributed by atoms with Crippen molar-refractivity contribution in [3.8, 4) is 12.3 Å². The Morgan fingerprint density at radius 3 is 2.96 bits per heavy atom. The van der Waals surface area contributed by atoms with Crippen LogP contribution >= 0.6 is 0 Å². The topological polar surface area (TPSA) is 77.2 Å². The second kappa shape index (κ2) is 6.70. The number of allylic oxidation sites excluding steroid dienone is 4. The molecule has 0 N–H and O–H groups in total. The molecule has 2 unspecified atom stereocenters. The van der Waals surface area contributed by atoms with Crippen LogP contribution in [0.15, 0.2) is 64.5 Å². The van der Waals surface area contributed by atoms with Gasteiger partial charge in [-0.25, -0.2) is 0 Å². The largest absolute Gasteiger partial charge is 0.487 e. The Kier molecular flexibility index (Phi) is 4.29. The summed E-state index contributed by atoms with van der Waals surface area (Å²) in [5, 5.41) is 12.3. The summed E-state index contributed by atoms with van der Waals surface area (Å²) in [5.41, 5.74) is -1.18. The highest BCUT2D eigenvalue weighted by atomic mass is 16.8. The molecule has 0 aromatic heterocycles. The van der Waals surface area contributed by atoms with E-state index >= 15 is 0 Å². The fourth-order valence-corrected chi connectivity index (χ4v) is 2.02. The van der Waals surface area contributed by atoms with Gasteiger partial charge < -0.3 is 14.2 Å². The smallest absolute Gasteiger partial charge is 0.436 e. The molecule has 8 nitrogen and oxygen atoms in total. The highest BCUT2D eigenvalue weighted by molar-refractivity contribution is 5.66. The third kappa shape index (κ3) is 3.03. The van der Waals surface area contributed by atoms with E-state index in [2.05, 4.69) is 21.5 Å². The number of nitrogens with zero attached hydrogens (tertiary/aromatic N) is 4. The molecule has 0 aromatic carbocycles. The van der Waals surface area contributed by atoms with E-state index in [9.17, 15) is 0 Å². The van der Waals surface area contributed by atoms with Gasteiger partial charge in [0.15, 0.2) is 6.10 Å². The van der Waals surface area contributed by atoms with Crippen LogP contribution in [-0.4, -0.2) is 29.7 Å². The Labute approximate surface area is 133 Å². The summed E-state index contributed by atoms with van der Waals surface area (Å²) in [4.78, 5) is 5.51. The van der Waals surface area contributed by atoms with Crippen molar-refractivity contribution >= 4 is 6.08 Å². The van der Waals surface area contributed by atoms with Gasteiger partial charge in [0.1, 0.15) is 6.61 Å². The highest BCUT2D eigenvalue weighted by Crippen LogP contribution is 2.33. The van der Waals surface area contributed by atoms with Crippen molar-refractivity contribution in [1.82, 2.24) is 5.17 Å². The van der Waals surface area contributed by atoms with Gasteiger partial charge in [-0.2, -0.15) is 0 Å². The number of terminal acetylenes is 1. The van der Waals surface area contributed by atoms with Crippen LogP contribution in [0.25, 0.3) is 0 Å². The molecular formula is C15H14N4O4. The summed E-state index contributed by atoms with van der Waals surface area (Å²) in [7, 11) is 0. The van der Waals surface area contributed by atoms with Crippen molar-refractivity contribution in [1.29, 1.82) is 0 Å². The van der Waals surface area contributed by atoms with Crippen LogP contribution in [0.5, 0.6) is 0 Å². The van der Waals surface area contributed by atoms with E-state index < -0.39 is 11.8 Å². The first-order valence-corrected chi connectivity index (χ1v) is 6.89. The van der Waals surface area contributed by atoms with Crippen molar-refractivity contribution in [3.05, 3.63) is 49.0 Å². The minimum Gasteiger partial charge on any atom is -0.487 e. The number of hydrogen-bond acceptors (Lipinski definition) is 8. The monoisotopic (exact) mass is 314 g/mol. The van der Waals surface area contributed by atoms with E-state index in [0.717, 1.165) is 5.17 Å². The SMILES string of the molecule is C#CCCOC1=NN=NN(C2(C3C=CC=CO3)C=CC=CO2)O1. The highest BCUT2D eigenvalue weighted by Gasteiger charge is 2.49. The predicted octanol–water partition coefficient (Wildman–Crippen LogP) is 2.18. The van der Waals surface area contributed by atoms with E-state index in [1.54, 1.807) is 30.6 Å². The van der Waals surface area contributed by atoms with E-state index in [0.29, 0.717) is 6.42 Å². The molecule has 2 atom stereocenters. The molecule has 8 heteroatoms. The zero-order chi connectivity index (χ0) is 16.0. The molecule has 0 spiro atoms. The van der Waals surface area contributed by atoms with Gasteiger partial charge >= 0.3 is 6.08 Å². The third-order valence-corrected chi connectivity index (χ3v) is 3.07. The summed E-state index contributed by atoms with van der Waals surface area (Å²) in [6.45, 7) is 0.255. The predicted molar refractivity (Wildman–Crippen MR) is 79.9 cm³/mol. The normalized spacial score (nSPS) is 27.5. The summed E-state index contributed by atoms with van der Waals surface area (Å²) < 4.78 is 16.6. The Bertz CT molecular complexity index is 659. The average Bonchev–Trinajstić information content (AvgIpc) is 2.63. The summed E-state index contributed by atoms with van der Waals surface area (Å²) in [5.74, 6) is 2.46. The van der Waals surface area contributed by atoms with Gasteiger partial charge in [-0.3, -0.25) is 4.84 Å². The molecule has 0 bridgehead atoms. The fraction of sp³-hybridized carbons (Fsp3) is 0.267. The molecule has 3 rings (SSSR count). The molecule has 0 radical (unpaired) electrons. The minimum absolute atomic E-state index is 0.0727. The fourth-order valence-electron chi connectivity index (χ4n) is 2.02. The van der Waals surface area contributed by atoms with Gasteiger partial charge in [0, 0.05) is 6.42 Å². The maximum absolute atomic E-state index is 5.75. The zero-order valence-electron chi connectivity index (χ0n) is 12.1. The Morgan fingerprint density at radius 2 is 2.22 bits per heavy atom. The molecule has 3 heterocycles. The standard InChI is InChI=1S/C15H14N4O4/c1-2-3-10-21-14-16-17-18-19(23-14)15(9-5-7-12-22-15)13-8-4-6-11-20-13/h1,4-9,11-13H,3,10H2. The van der Waals surface area contributed by atoms with Crippen molar-refractivity contribution < 1.29 is 19.0 Å². The van der Waals surface area contributed by atoms with Crippen LogP contribution in [0.2, 0.25) is 0 Å². The molecule has 3 aliphatic heterocycles. The molecule has 23 heavy (non-hydrogen) atoms. The molecule has 0 fully saturated rings. The lowest BCUT2D eigenvalue weighted by Gasteiger charge is -2.40. The van der Waals surface area contributed by atoms with Gasteiger partial charge in [0.2, 0.25) is 0 Å². The van der Waals surface area contributed by atoms with Gasteiger partial charge in [0.05, 0.1) is 12.5 Å². The Balaban J connectivity index is 1.78. The maximum Gasteiger partial charge on any atom is 0.436 e. The van der Waals surface area contributed by atoms with Crippen molar-refractivity contribution in [3.63, 3.8) is 0 Å². The number of rotatable bonds is 4. The first kappa shape index (κ1) is 14.7. The van der Waals surface area contributed by atoms with E-state index in [4.69, 9.17) is 25.5 Å². The van der Waals surface area contributed by atoms with Crippen LogP contribution in [0.1, 0.15) is 6.42 Å². The van der Waals surface area contributed by atoms with Crippen molar-refractivity contribution in [2.45, 2.75) is 18.2 Å². The molecule has 0 aliphatic carbocycles. The first-order chi connectivity index (χ1) is 11.3. The maximum atomic E-state index is 5.75. The van der Waals surface area contributed by atoms with Crippen LogP contribution in [0.3, 0.4) is 0 Å². The quantitative estimate of drug-likeness (QED) is 0.587. The Morgan fingerprint density at radius 1 is 1.30 bits per heavy atom. The molecule has 0 amide bonds. The van der Waals surface area contributed by atoms with Crippen molar-refractivity contribution in [2.75, 3.05) is 6.61 Å². The molecular weight excluding hydrogens is 300 g/mol. The summed E-state index contributed by atoms with van der Waals surface area (Å²) in [6, 6.07) is 0. The molecule has 118 valence electrons. The number of ether oxygens (including phenoxy) is 3. The summed E-state index contributed by atoms with van der Waals surface area (Å²) in [6.07, 6.45) is 18.8. The first-order valence-electron chi connectivity index (χ1n) is 6.89. The van der Waals surface area contributed by atoms with Crippen LogP contribution in [0.4, 0.5) is 0 Å². The number of hydrogen-bond donors (Lipinski definition) is 0. The van der Waals surface area contributed by atoms with E-state index in [1.165, 1.54) is 6.26 Å². The van der Waals surface area contributed by atoms with Crippen LogP contribution in [-0.2, 0) is 19.0 Å². The second-order valence-corrected chi connectivity index (χ2v) is 4.54. The lowest BCUT2D eigenvalue weighted by Crippen LogP contribution is -2.56. The molecule has 0 saturated carbocycles. The van der Waals surface area contributed by atoms with E-state index in [-0.39, 0.29) is 12.7 Å². The molecule has 0 aromatic rings. The number of hydroxylamine groups is 1. The van der Waals surface area contributed by atoms with Gasteiger partial charge in [0.25, 0.3) is 5.72 Å². The van der Waals surface area contributed by atoms with Gasteiger partial charge in [-0.15, -0.1) is 12.3 Å². The van der Waals surface area contributed by atoms with Gasteiger partial charge in [-0.05, 0) is 39.9 Å². The average molecular weight is 314 g/mol. The van der Waals surface area contributed by atoms with Crippen LogP contribution in [0, 0.1) is 12.3 Å². The minimum atomic E-state index is -1.18. The molecule has 0 saturated heterocycles. The van der Waals surface area contributed by atoms with Crippen LogP contribution < -0.4 is 0 Å². The molecule has 3 aliphatic rings. The van der Waals surface area contributed by atoms with Gasteiger partial charge in [-0.1, -0.05) is 17.3 Å². The zero-order valence-corrected chi connectivity index (χ0v) is 12.1. The van der Waals surface area contributed by atoms with E-state index in [1.807, 2.05) is 12.2 Å². The lowest BCUT2D eigenvalue weighted by atomic mass is 10.0. The Hall–Kier alpha value is -3.21.